The quantitative estimate of drug-likeness (QED) is 0.510. The zero-order chi connectivity index (χ0) is 25.2. The minimum atomic E-state index is -0.532. The number of ether oxygens (including phenoxy) is 4. The Balaban J connectivity index is 1.19. The number of nitrogens with zero attached hydrogens (tertiary/aromatic N) is 3. The Kier molecular flexibility index (Phi) is 7.56. The van der Waals surface area contributed by atoms with Crippen LogP contribution in [0.5, 0.6) is 11.5 Å². The first-order chi connectivity index (χ1) is 18.1. The van der Waals surface area contributed by atoms with Crippen LogP contribution in [-0.2, 0) is 14.9 Å². The van der Waals surface area contributed by atoms with E-state index in [1.165, 1.54) is 16.7 Å². The normalized spacial score (nSPS) is 29.2. The highest BCUT2D eigenvalue weighted by atomic mass is 16.5. The molecule has 202 valence electrons. The Bertz CT molecular complexity index is 1020. The molecule has 8 heteroatoms. The van der Waals surface area contributed by atoms with Crippen LogP contribution in [0, 0.1) is 0 Å². The van der Waals surface area contributed by atoms with E-state index < -0.39 is 6.10 Å². The Morgan fingerprint density at radius 3 is 2.49 bits per heavy atom. The number of allylic oxidation sites excluding steroid dienone is 1. The third-order valence-corrected chi connectivity index (χ3v) is 8.78. The van der Waals surface area contributed by atoms with Gasteiger partial charge in [0.05, 0.1) is 37.9 Å². The van der Waals surface area contributed by atoms with E-state index >= 15 is 0 Å². The van der Waals surface area contributed by atoms with Crippen LogP contribution in [0.25, 0.3) is 6.08 Å². The fraction of sp³-hybridized carbons (Fsp3) is 0.655. The standard InChI is InChI=1S/C29H41N3O5/c1-30(10-11-31-12-17-34-18-13-31)9-8-29-23-4-2-22-3-7-25(36-21-16-32-14-19-35-20-15-32)27(26(22)29)37-28(29)24(33)6-5-23/h2-5,7,24,28,33H,6,8-21H2,1H3/t24-,28-,29-/m0/s1. The number of likely N-dealkylation sites (N-methyl/N-ethyl adjacent to an activating group) is 1. The molecule has 0 aromatic heterocycles. The molecular weight excluding hydrogens is 470 g/mol. The molecule has 5 aliphatic rings. The van der Waals surface area contributed by atoms with Crippen molar-refractivity contribution in [1.29, 1.82) is 0 Å². The number of hydrogen-bond acceptors (Lipinski definition) is 8. The maximum atomic E-state index is 11.1. The molecule has 3 heterocycles. The molecule has 0 amide bonds. The molecule has 0 spiro atoms. The van der Waals surface area contributed by atoms with E-state index in [-0.39, 0.29) is 11.5 Å². The molecule has 2 aliphatic carbocycles. The maximum Gasteiger partial charge on any atom is 0.166 e. The van der Waals surface area contributed by atoms with Gasteiger partial charge in [0.15, 0.2) is 11.5 Å². The average molecular weight is 512 g/mol. The summed E-state index contributed by atoms with van der Waals surface area (Å²) in [6, 6.07) is 4.20. The second-order valence-corrected chi connectivity index (χ2v) is 11.0. The molecule has 1 N–H and O–H groups in total. The van der Waals surface area contributed by atoms with Gasteiger partial charge < -0.3 is 29.0 Å². The molecular formula is C29H41N3O5. The highest BCUT2D eigenvalue weighted by molar-refractivity contribution is 5.75. The summed E-state index contributed by atoms with van der Waals surface area (Å²) in [7, 11) is 2.21. The molecule has 2 saturated heterocycles. The number of aliphatic hydroxyl groups is 1. The number of hydrogen-bond donors (Lipinski definition) is 1. The molecule has 37 heavy (non-hydrogen) atoms. The summed E-state index contributed by atoms with van der Waals surface area (Å²) in [6.07, 6.45) is 7.37. The molecule has 8 nitrogen and oxygen atoms in total. The third-order valence-electron chi connectivity index (χ3n) is 8.78. The van der Waals surface area contributed by atoms with Gasteiger partial charge in [-0.25, -0.2) is 0 Å². The number of aliphatic hydroxyl groups excluding tert-OH is 1. The first kappa shape index (κ1) is 25.3. The Hall–Kier alpha value is -1.94. The van der Waals surface area contributed by atoms with E-state index in [9.17, 15) is 5.11 Å². The van der Waals surface area contributed by atoms with Crippen molar-refractivity contribution in [3.8, 4) is 11.5 Å². The second kappa shape index (κ2) is 11.0. The van der Waals surface area contributed by atoms with E-state index in [0.717, 1.165) is 96.7 Å². The lowest BCUT2D eigenvalue weighted by atomic mass is 9.61. The van der Waals surface area contributed by atoms with Crippen molar-refractivity contribution in [3.05, 3.63) is 41.0 Å². The van der Waals surface area contributed by atoms with E-state index in [4.69, 9.17) is 18.9 Å². The van der Waals surface area contributed by atoms with Crippen molar-refractivity contribution in [3.63, 3.8) is 0 Å². The summed E-state index contributed by atoms with van der Waals surface area (Å²) in [5.74, 6) is 1.62. The lowest BCUT2D eigenvalue weighted by Crippen LogP contribution is -2.51. The summed E-state index contributed by atoms with van der Waals surface area (Å²) < 4.78 is 23.9. The Morgan fingerprint density at radius 1 is 1.00 bits per heavy atom. The zero-order valence-corrected chi connectivity index (χ0v) is 22.1. The number of rotatable bonds is 10. The van der Waals surface area contributed by atoms with E-state index in [1.54, 1.807) is 0 Å². The van der Waals surface area contributed by atoms with E-state index in [2.05, 4.69) is 46.0 Å². The monoisotopic (exact) mass is 511 g/mol. The smallest absolute Gasteiger partial charge is 0.166 e. The third kappa shape index (κ3) is 4.95. The zero-order valence-electron chi connectivity index (χ0n) is 22.1. The first-order valence-corrected chi connectivity index (χ1v) is 14.0. The molecule has 3 aliphatic heterocycles. The summed E-state index contributed by atoms with van der Waals surface area (Å²) in [5.41, 5.74) is 3.32. The van der Waals surface area contributed by atoms with Crippen LogP contribution in [0.3, 0.4) is 0 Å². The lowest BCUT2D eigenvalue weighted by Gasteiger charge is -2.43. The van der Waals surface area contributed by atoms with Crippen molar-refractivity contribution in [1.82, 2.24) is 14.7 Å². The van der Waals surface area contributed by atoms with Crippen LogP contribution in [0.4, 0.5) is 0 Å². The lowest BCUT2D eigenvalue weighted by molar-refractivity contribution is 0.00437. The number of benzene rings is 1. The molecule has 6 rings (SSSR count). The van der Waals surface area contributed by atoms with Gasteiger partial charge in [0.2, 0.25) is 0 Å². The van der Waals surface area contributed by atoms with E-state index in [0.29, 0.717) is 13.0 Å². The van der Waals surface area contributed by atoms with Crippen molar-refractivity contribution in [2.75, 3.05) is 92.4 Å². The molecule has 1 aromatic rings. The van der Waals surface area contributed by atoms with Crippen molar-refractivity contribution < 1.29 is 24.1 Å². The average Bonchev–Trinajstić information content (AvgIpc) is 3.30. The van der Waals surface area contributed by atoms with Gasteiger partial charge in [-0.2, -0.15) is 0 Å². The molecule has 0 unspecified atom stereocenters. The second-order valence-electron chi connectivity index (χ2n) is 11.0. The van der Waals surface area contributed by atoms with Gasteiger partial charge in [0.1, 0.15) is 12.7 Å². The molecule has 2 fully saturated rings. The highest BCUT2D eigenvalue weighted by Gasteiger charge is 2.57. The first-order valence-electron chi connectivity index (χ1n) is 14.0. The summed E-state index contributed by atoms with van der Waals surface area (Å²) >= 11 is 0. The van der Waals surface area contributed by atoms with Gasteiger partial charge in [-0.15, -0.1) is 0 Å². The SMILES string of the molecule is CN(CCN1CCOCC1)CC[C@@]12C3=CC[C@H](O)[C@@H]1Oc1c(OCCN4CCOCC4)ccc(c12)C=C3. The molecule has 0 radical (unpaired) electrons. The fourth-order valence-corrected chi connectivity index (χ4v) is 6.58. The summed E-state index contributed by atoms with van der Waals surface area (Å²) in [6.45, 7) is 11.7. The topological polar surface area (TPSA) is 66.9 Å². The fourth-order valence-electron chi connectivity index (χ4n) is 6.58. The Labute approximate surface area is 220 Å². The van der Waals surface area contributed by atoms with Gasteiger partial charge in [0.25, 0.3) is 0 Å². The number of morpholine rings is 2. The highest BCUT2D eigenvalue weighted by Crippen LogP contribution is 2.59. The van der Waals surface area contributed by atoms with Crippen LogP contribution in [0.2, 0.25) is 0 Å². The van der Waals surface area contributed by atoms with Crippen LogP contribution in [-0.4, -0.2) is 124 Å². The van der Waals surface area contributed by atoms with Crippen LogP contribution < -0.4 is 9.47 Å². The predicted molar refractivity (Wildman–Crippen MR) is 142 cm³/mol. The van der Waals surface area contributed by atoms with E-state index in [1.807, 2.05) is 6.07 Å². The van der Waals surface area contributed by atoms with Gasteiger partial charge in [0, 0.05) is 51.4 Å². The summed E-state index contributed by atoms with van der Waals surface area (Å²) in [4.78, 5) is 7.28. The minimum absolute atomic E-state index is 0.289. The van der Waals surface area contributed by atoms with Crippen LogP contribution >= 0.6 is 0 Å². The Morgan fingerprint density at radius 2 is 1.73 bits per heavy atom. The van der Waals surface area contributed by atoms with Gasteiger partial charge >= 0.3 is 0 Å². The van der Waals surface area contributed by atoms with Crippen LogP contribution in [0.15, 0.2) is 29.9 Å². The molecule has 1 aromatic carbocycles. The molecule has 3 atom stereocenters. The van der Waals surface area contributed by atoms with Gasteiger partial charge in [-0.05, 0) is 43.6 Å². The molecule has 0 bridgehead atoms. The predicted octanol–water partition coefficient (Wildman–Crippen LogP) is 1.77. The van der Waals surface area contributed by atoms with Crippen LogP contribution in [0.1, 0.15) is 24.0 Å². The van der Waals surface area contributed by atoms with Crippen molar-refractivity contribution >= 4 is 6.08 Å². The van der Waals surface area contributed by atoms with Crippen molar-refractivity contribution in [2.24, 2.45) is 0 Å². The minimum Gasteiger partial charge on any atom is -0.488 e. The van der Waals surface area contributed by atoms with Crippen molar-refractivity contribution in [2.45, 2.75) is 30.5 Å². The maximum absolute atomic E-state index is 11.1. The summed E-state index contributed by atoms with van der Waals surface area (Å²) in [5, 5.41) is 11.1. The largest absolute Gasteiger partial charge is 0.488 e. The van der Waals surface area contributed by atoms with Gasteiger partial charge in [-0.3, -0.25) is 9.80 Å². The molecule has 0 saturated carbocycles. The van der Waals surface area contributed by atoms with Gasteiger partial charge in [-0.1, -0.05) is 24.3 Å².